The minimum atomic E-state index is -4.18. The normalized spacial score (nSPS) is 17.1. The third-order valence-corrected chi connectivity index (χ3v) is 3.27. The van der Waals surface area contributed by atoms with Gasteiger partial charge in [0.15, 0.2) is 0 Å². The Hall–Kier alpha value is -1.40. The van der Waals surface area contributed by atoms with Crippen LogP contribution in [0.15, 0.2) is 29.8 Å². The van der Waals surface area contributed by atoms with Crippen molar-refractivity contribution >= 4 is 0 Å². The van der Waals surface area contributed by atoms with Gasteiger partial charge in [-0.1, -0.05) is 12.1 Å². The van der Waals surface area contributed by atoms with E-state index in [1.807, 2.05) is 30.1 Å². The highest BCUT2D eigenvalue weighted by molar-refractivity contribution is 5.15. The number of nitrogens with zero attached hydrogens (tertiary/aromatic N) is 2. The number of alkyl halides is 3. The lowest BCUT2D eigenvalue weighted by Gasteiger charge is -2.26. The van der Waals surface area contributed by atoms with Crippen LogP contribution < -0.4 is 5.32 Å². The monoisotopic (exact) mass is 285 g/mol. The van der Waals surface area contributed by atoms with E-state index in [0.717, 1.165) is 11.4 Å². The fraction of sp³-hybridized carbons (Fsp3) is 0.500. The summed E-state index contributed by atoms with van der Waals surface area (Å²) in [5.74, 6) is 0. The summed E-state index contributed by atoms with van der Waals surface area (Å²) in [6.45, 7) is 2.02. The number of hydrogen-bond acceptors (Lipinski definition) is 3. The highest BCUT2D eigenvalue weighted by Gasteiger charge is 2.34. The molecule has 0 fully saturated rings. The van der Waals surface area contributed by atoms with E-state index >= 15 is 0 Å². The predicted octanol–water partition coefficient (Wildman–Crippen LogP) is 2.50. The van der Waals surface area contributed by atoms with E-state index in [0.29, 0.717) is 26.2 Å². The Kier molecular flexibility index (Phi) is 4.77. The fourth-order valence-electron chi connectivity index (χ4n) is 2.24. The Morgan fingerprint density at radius 2 is 2.05 bits per heavy atom. The maximum absolute atomic E-state index is 12.5. The largest absolute Gasteiger partial charge is 0.412 e. The molecule has 2 heterocycles. The lowest BCUT2D eigenvalue weighted by molar-refractivity contribution is -0.0960. The molecule has 110 valence electrons. The lowest BCUT2D eigenvalue weighted by Crippen LogP contribution is -2.31. The van der Waals surface area contributed by atoms with Gasteiger partial charge < -0.3 is 5.32 Å². The zero-order valence-corrected chi connectivity index (χ0v) is 11.4. The second-order valence-corrected chi connectivity index (χ2v) is 4.86. The van der Waals surface area contributed by atoms with Crippen LogP contribution in [0.4, 0.5) is 13.2 Å². The van der Waals surface area contributed by atoms with Gasteiger partial charge in [0.1, 0.15) is 0 Å². The average molecular weight is 285 g/mol. The number of pyridine rings is 1. The summed E-state index contributed by atoms with van der Waals surface area (Å²) >= 11 is 0. The maximum Gasteiger partial charge on any atom is 0.412 e. The average Bonchev–Trinajstić information content (AvgIpc) is 2.39. The molecule has 1 aliphatic rings. The summed E-state index contributed by atoms with van der Waals surface area (Å²) in [7, 11) is 1.85. The number of nitrogens with one attached hydrogen (secondary N) is 1. The topological polar surface area (TPSA) is 28.2 Å². The van der Waals surface area contributed by atoms with Crippen molar-refractivity contribution in [1.82, 2.24) is 15.2 Å². The molecule has 6 heteroatoms. The molecule has 0 atom stereocenters. The second-order valence-electron chi connectivity index (χ2n) is 4.86. The van der Waals surface area contributed by atoms with Gasteiger partial charge in [0.2, 0.25) is 0 Å². The number of aromatic nitrogens is 1. The standard InChI is InChI=1S/C14H18F3N3/c1-18-9-12-3-2-4-13(19-12)10-20-7-5-11(6-8-20)14(15,16)17/h2-5,18H,6-10H2,1H3. The summed E-state index contributed by atoms with van der Waals surface area (Å²) in [6, 6.07) is 5.76. The first-order chi connectivity index (χ1) is 9.49. The summed E-state index contributed by atoms with van der Waals surface area (Å²) in [5.41, 5.74) is 1.42. The van der Waals surface area contributed by atoms with Crippen LogP contribution in [0.2, 0.25) is 0 Å². The van der Waals surface area contributed by atoms with Crippen LogP contribution in [0.1, 0.15) is 17.8 Å². The van der Waals surface area contributed by atoms with E-state index in [9.17, 15) is 13.2 Å². The Labute approximate surface area is 116 Å². The van der Waals surface area contributed by atoms with Gasteiger partial charge in [-0.2, -0.15) is 13.2 Å². The van der Waals surface area contributed by atoms with Crippen LogP contribution in [0.25, 0.3) is 0 Å². The Morgan fingerprint density at radius 1 is 1.30 bits per heavy atom. The molecule has 1 aromatic rings. The Balaban J connectivity index is 1.95. The Bertz CT molecular complexity index is 483. The van der Waals surface area contributed by atoms with Gasteiger partial charge in [-0.25, -0.2) is 0 Å². The Morgan fingerprint density at radius 3 is 2.65 bits per heavy atom. The van der Waals surface area contributed by atoms with E-state index in [1.54, 1.807) is 0 Å². The van der Waals surface area contributed by atoms with Gasteiger partial charge in [0, 0.05) is 31.8 Å². The molecule has 0 spiro atoms. The molecule has 0 unspecified atom stereocenters. The quantitative estimate of drug-likeness (QED) is 0.862. The number of halogens is 3. The molecule has 0 aliphatic carbocycles. The van der Waals surface area contributed by atoms with Crippen LogP contribution in [0, 0.1) is 0 Å². The highest BCUT2D eigenvalue weighted by atomic mass is 19.4. The van der Waals surface area contributed by atoms with Crippen molar-refractivity contribution in [3.05, 3.63) is 41.2 Å². The molecule has 0 radical (unpaired) electrons. The van der Waals surface area contributed by atoms with Crippen molar-refractivity contribution in [3.63, 3.8) is 0 Å². The molecule has 2 rings (SSSR count). The first-order valence-electron chi connectivity index (χ1n) is 6.57. The molecule has 20 heavy (non-hydrogen) atoms. The van der Waals surface area contributed by atoms with Gasteiger partial charge in [-0.05, 0) is 25.6 Å². The molecule has 0 bridgehead atoms. The molecule has 0 amide bonds. The molecule has 1 aromatic heterocycles. The third kappa shape index (κ3) is 4.05. The van der Waals surface area contributed by atoms with E-state index < -0.39 is 11.7 Å². The molecule has 1 N–H and O–H groups in total. The smallest absolute Gasteiger partial charge is 0.314 e. The molecular formula is C14H18F3N3. The first-order valence-corrected chi connectivity index (χ1v) is 6.57. The van der Waals surface area contributed by atoms with Gasteiger partial charge in [-0.15, -0.1) is 0 Å². The van der Waals surface area contributed by atoms with Crippen LogP contribution >= 0.6 is 0 Å². The van der Waals surface area contributed by atoms with Gasteiger partial charge in [-0.3, -0.25) is 9.88 Å². The van der Waals surface area contributed by atoms with E-state index in [1.165, 1.54) is 6.08 Å². The van der Waals surface area contributed by atoms with Crippen LogP contribution in [-0.2, 0) is 13.1 Å². The van der Waals surface area contributed by atoms with Crippen LogP contribution in [0.5, 0.6) is 0 Å². The molecule has 0 aromatic carbocycles. The molecule has 0 saturated carbocycles. The van der Waals surface area contributed by atoms with Gasteiger partial charge in [0.05, 0.1) is 11.4 Å². The summed E-state index contributed by atoms with van der Waals surface area (Å²) in [4.78, 5) is 6.45. The van der Waals surface area contributed by atoms with Crippen molar-refractivity contribution in [2.75, 3.05) is 20.1 Å². The van der Waals surface area contributed by atoms with E-state index in [4.69, 9.17) is 0 Å². The van der Waals surface area contributed by atoms with Crippen molar-refractivity contribution in [3.8, 4) is 0 Å². The second kappa shape index (κ2) is 6.37. The molecular weight excluding hydrogens is 267 g/mol. The molecule has 3 nitrogen and oxygen atoms in total. The number of rotatable bonds is 4. The maximum atomic E-state index is 12.5. The third-order valence-electron chi connectivity index (χ3n) is 3.27. The van der Waals surface area contributed by atoms with Crippen molar-refractivity contribution < 1.29 is 13.2 Å². The van der Waals surface area contributed by atoms with E-state index in [2.05, 4.69) is 10.3 Å². The minimum absolute atomic E-state index is 0.0553. The van der Waals surface area contributed by atoms with Crippen LogP contribution in [0.3, 0.4) is 0 Å². The van der Waals surface area contributed by atoms with E-state index in [-0.39, 0.29) is 6.42 Å². The van der Waals surface area contributed by atoms with Crippen molar-refractivity contribution in [2.24, 2.45) is 0 Å². The minimum Gasteiger partial charge on any atom is -0.314 e. The summed E-state index contributed by atoms with van der Waals surface area (Å²) in [5, 5.41) is 3.03. The zero-order chi connectivity index (χ0) is 14.6. The van der Waals surface area contributed by atoms with Gasteiger partial charge >= 0.3 is 6.18 Å². The molecule has 1 aliphatic heterocycles. The predicted molar refractivity (Wildman–Crippen MR) is 71.0 cm³/mol. The highest BCUT2D eigenvalue weighted by Crippen LogP contribution is 2.30. The first kappa shape index (κ1) is 15.0. The fourth-order valence-corrected chi connectivity index (χ4v) is 2.24. The van der Waals surface area contributed by atoms with Crippen molar-refractivity contribution in [1.29, 1.82) is 0 Å². The SMILES string of the molecule is CNCc1cccc(CN2CC=C(C(F)(F)F)CC2)n1. The summed E-state index contributed by atoms with van der Waals surface area (Å²) < 4.78 is 37.6. The van der Waals surface area contributed by atoms with Crippen molar-refractivity contribution in [2.45, 2.75) is 25.7 Å². The van der Waals surface area contributed by atoms with Gasteiger partial charge in [0.25, 0.3) is 0 Å². The van der Waals surface area contributed by atoms with Crippen LogP contribution in [-0.4, -0.2) is 36.2 Å². The lowest BCUT2D eigenvalue weighted by atomic mass is 10.1. The number of hydrogen-bond donors (Lipinski definition) is 1. The molecule has 0 saturated heterocycles. The summed E-state index contributed by atoms with van der Waals surface area (Å²) in [6.07, 6.45) is -2.85. The zero-order valence-electron chi connectivity index (χ0n) is 11.4.